The van der Waals surface area contributed by atoms with Crippen LogP contribution in [0.15, 0.2) is 36.7 Å². The first-order valence-electron chi connectivity index (χ1n) is 7.12. The van der Waals surface area contributed by atoms with E-state index in [9.17, 15) is 0 Å². The van der Waals surface area contributed by atoms with Crippen LogP contribution >= 0.6 is 11.6 Å². The lowest BCUT2D eigenvalue weighted by atomic mass is 9.98. The first kappa shape index (κ1) is 15.8. The second-order valence-corrected chi connectivity index (χ2v) is 5.43. The highest BCUT2D eigenvalue weighted by atomic mass is 35.5. The molecule has 0 radical (unpaired) electrons. The summed E-state index contributed by atoms with van der Waals surface area (Å²) in [6.45, 7) is 5.01. The number of hydrogen-bond donors (Lipinski definition) is 1. The molecule has 1 atom stereocenters. The van der Waals surface area contributed by atoms with E-state index < -0.39 is 0 Å². The van der Waals surface area contributed by atoms with Crippen molar-refractivity contribution in [1.29, 1.82) is 0 Å². The lowest BCUT2D eigenvalue weighted by Crippen LogP contribution is -2.23. The number of rotatable bonds is 6. The van der Waals surface area contributed by atoms with E-state index >= 15 is 0 Å². The zero-order chi connectivity index (χ0) is 15.2. The summed E-state index contributed by atoms with van der Waals surface area (Å²) in [4.78, 5) is 4.12. The molecule has 2 rings (SSSR count). The molecular weight excluding hydrogens is 284 g/mol. The molecule has 0 saturated carbocycles. The van der Waals surface area contributed by atoms with E-state index in [-0.39, 0.29) is 6.04 Å². The molecule has 0 aliphatic heterocycles. The number of likely N-dealkylation sites (N-methyl/N-ethyl adjacent to an activating group) is 1. The zero-order valence-corrected chi connectivity index (χ0v) is 13.4. The van der Waals surface area contributed by atoms with Gasteiger partial charge in [-0.1, -0.05) is 30.7 Å². The normalized spacial score (nSPS) is 12.2. The molecule has 0 aliphatic carbocycles. The van der Waals surface area contributed by atoms with Gasteiger partial charge in [0.2, 0.25) is 0 Å². The van der Waals surface area contributed by atoms with Crippen LogP contribution < -0.4 is 10.1 Å². The second kappa shape index (κ2) is 7.43. The quantitative estimate of drug-likeness (QED) is 0.877. The second-order valence-electron chi connectivity index (χ2n) is 5.03. The third-order valence-corrected chi connectivity index (χ3v) is 3.85. The minimum absolute atomic E-state index is 0.146. The molecule has 1 aromatic heterocycles. The van der Waals surface area contributed by atoms with Crippen molar-refractivity contribution in [2.75, 3.05) is 13.7 Å². The Hall–Kier alpha value is -1.58. The van der Waals surface area contributed by atoms with Gasteiger partial charge in [-0.15, -0.1) is 0 Å². The van der Waals surface area contributed by atoms with Crippen LogP contribution in [0.5, 0.6) is 5.75 Å². The first-order valence-corrected chi connectivity index (χ1v) is 7.49. The summed E-state index contributed by atoms with van der Waals surface area (Å²) >= 11 is 6.36. The maximum Gasteiger partial charge on any atom is 0.141 e. The fraction of sp³-hybridized carbons (Fsp3) is 0.353. The molecule has 1 aromatic carbocycles. The fourth-order valence-electron chi connectivity index (χ4n) is 2.43. The molecule has 1 N–H and O–H groups in total. The smallest absolute Gasteiger partial charge is 0.141 e. The van der Waals surface area contributed by atoms with Crippen molar-refractivity contribution in [3.63, 3.8) is 0 Å². The molecule has 1 unspecified atom stereocenters. The van der Waals surface area contributed by atoms with Gasteiger partial charge < -0.3 is 10.1 Å². The van der Waals surface area contributed by atoms with Crippen LogP contribution in [0.3, 0.4) is 0 Å². The van der Waals surface area contributed by atoms with Gasteiger partial charge in [0, 0.05) is 22.8 Å². The molecule has 4 heteroatoms. The van der Waals surface area contributed by atoms with Crippen molar-refractivity contribution >= 4 is 11.6 Å². The Kier molecular flexibility index (Phi) is 5.59. The molecular formula is C17H21ClN2O. The SMILES string of the molecule is CCNC(Cc1ccc(C)cc1Cl)c1ccncc1OC. The van der Waals surface area contributed by atoms with Crippen molar-refractivity contribution in [3.05, 3.63) is 58.4 Å². The Morgan fingerprint density at radius 2 is 2.14 bits per heavy atom. The Bertz CT molecular complexity index is 601. The van der Waals surface area contributed by atoms with Gasteiger partial charge in [0.1, 0.15) is 5.75 Å². The van der Waals surface area contributed by atoms with Crippen molar-refractivity contribution in [2.24, 2.45) is 0 Å². The molecule has 0 spiro atoms. The number of aryl methyl sites for hydroxylation is 1. The monoisotopic (exact) mass is 304 g/mol. The topological polar surface area (TPSA) is 34.2 Å². The molecule has 0 bridgehead atoms. The summed E-state index contributed by atoms with van der Waals surface area (Å²) in [7, 11) is 1.67. The number of aromatic nitrogens is 1. The molecule has 3 nitrogen and oxygen atoms in total. The number of hydrogen-bond acceptors (Lipinski definition) is 3. The minimum Gasteiger partial charge on any atom is -0.495 e. The van der Waals surface area contributed by atoms with Crippen LogP contribution in [0.25, 0.3) is 0 Å². The average molecular weight is 305 g/mol. The molecule has 112 valence electrons. The number of pyridine rings is 1. The summed E-state index contributed by atoms with van der Waals surface area (Å²) in [5.74, 6) is 0.798. The third-order valence-electron chi connectivity index (χ3n) is 3.49. The van der Waals surface area contributed by atoms with Gasteiger partial charge in [0.05, 0.1) is 13.3 Å². The Balaban J connectivity index is 2.30. The van der Waals surface area contributed by atoms with E-state index in [1.54, 1.807) is 19.5 Å². The lowest BCUT2D eigenvalue weighted by molar-refractivity contribution is 0.397. The van der Waals surface area contributed by atoms with Crippen LogP contribution in [0.2, 0.25) is 5.02 Å². The fourth-order valence-corrected chi connectivity index (χ4v) is 2.74. The van der Waals surface area contributed by atoms with E-state index in [1.807, 2.05) is 19.1 Å². The minimum atomic E-state index is 0.146. The first-order chi connectivity index (χ1) is 10.2. The predicted molar refractivity (Wildman–Crippen MR) is 87.1 cm³/mol. The largest absolute Gasteiger partial charge is 0.495 e. The number of halogens is 1. The number of nitrogens with zero attached hydrogens (tertiary/aromatic N) is 1. The highest BCUT2D eigenvalue weighted by molar-refractivity contribution is 6.31. The van der Waals surface area contributed by atoms with Crippen LogP contribution in [0.1, 0.15) is 29.7 Å². The van der Waals surface area contributed by atoms with Crippen molar-refractivity contribution in [2.45, 2.75) is 26.3 Å². The number of methoxy groups -OCH3 is 1. The van der Waals surface area contributed by atoms with Gasteiger partial charge in [0.15, 0.2) is 0 Å². The molecule has 0 fully saturated rings. The number of ether oxygens (including phenoxy) is 1. The molecule has 0 aliphatic rings. The van der Waals surface area contributed by atoms with E-state index in [0.29, 0.717) is 0 Å². The summed E-state index contributed by atoms with van der Waals surface area (Å²) < 4.78 is 5.42. The maximum atomic E-state index is 6.36. The highest BCUT2D eigenvalue weighted by Gasteiger charge is 2.17. The van der Waals surface area contributed by atoms with Gasteiger partial charge in [-0.3, -0.25) is 4.98 Å². The van der Waals surface area contributed by atoms with Crippen molar-refractivity contribution in [3.8, 4) is 5.75 Å². The summed E-state index contributed by atoms with van der Waals surface area (Å²) in [6, 6.07) is 8.33. The molecule has 0 saturated heterocycles. The van der Waals surface area contributed by atoms with E-state index in [1.165, 1.54) is 5.56 Å². The molecule has 1 heterocycles. The maximum absolute atomic E-state index is 6.36. The molecule has 21 heavy (non-hydrogen) atoms. The van der Waals surface area contributed by atoms with Crippen molar-refractivity contribution in [1.82, 2.24) is 10.3 Å². The lowest BCUT2D eigenvalue weighted by Gasteiger charge is -2.21. The Morgan fingerprint density at radius 1 is 1.33 bits per heavy atom. The van der Waals surface area contributed by atoms with Crippen LogP contribution in [0.4, 0.5) is 0 Å². The summed E-state index contributed by atoms with van der Waals surface area (Å²) in [5, 5.41) is 4.31. The number of nitrogens with one attached hydrogen (secondary N) is 1. The summed E-state index contributed by atoms with van der Waals surface area (Å²) in [6.07, 6.45) is 4.35. The van der Waals surface area contributed by atoms with Gasteiger partial charge >= 0.3 is 0 Å². The predicted octanol–water partition coefficient (Wildman–Crippen LogP) is 3.95. The van der Waals surface area contributed by atoms with Crippen LogP contribution in [-0.4, -0.2) is 18.6 Å². The Labute approximate surface area is 131 Å². The van der Waals surface area contributed by atoms with Gasteiger partial charge in [-0.25, -0.2) is 0 Å². The van der Waals surface area contributed by atoms with E-state index in [0.717, 1.165) is 34.9 Å². The number of benzene rings is 1. The van der Waals surface area contributed by atoms with E-state index in [2.05, 4.69) is 29.4 Å². The standard InChI is InChI=1S/C17H21ClN2O/c1-4-20-16(14-7-8-19-11-17(14)21-3)10-13-6-5-12(2)9-15(13)18/h5-9,11,16,20H,4,10H2,1-3H3. The molecule has 0 amide bonds. The van der Waals surface area contributed by atoms with Crippen LogP contribution in [0, 0.1) is 6.92 Å². The highest BCUT2D eigenvalue weighted by Crippen LogP contribution is 2.29. The van der Waals surface area contributed by atoms with Gasteiger partial charge in [-0.05, 0) is 43.1 Å². The third kappa shape index (κ3) is 3.96. The molecule has 2 aromatic rings. The van der Waals surface area contributed by atoms with Gasteiger partial charge in [0.25, 0.3) is 0 Å². The van der Waals surface area contributed by atoms with Gasteiger partial charge in [-0.2, -0.15) is 0 Å². The summed E-state index contributed by atoms with van der Waals surface area (Å²) in [5.41, 5.74) is 3.41. The Morgan fingerprint density at radius 3 is 2.81 bits per heavy atom. The van der Waals surface area contributed by atoms with Crippen molar-refractivity contribution < 1.29 is 4.74 Å². The van der Waals surface area contributed by atoms with Crippen LogP contribution in [-0.2, 0) is 6.42 Å². The van der Waals surface area contributed by atoms with E-state index in [4.69, 9.17) is 16.3 Å². The zero-order valence-electron chi connectivity index (χ0n) is 12.7. The average Bonchev–Trinajstić information content (AvgIpc) is 2.49.